The molecule has 0 saturated carbocycles. The molecule has 0 bridgehead atoms. The molecule has 0 radical (unpaired) electrons. The number of esters is 1. The average Bonchev–Trinajstić information content (AvgIpc) is 2.47. The topological polar surface area (TPSA) is 134 Å². The van der Waals surface area contributed by atoms with Crippen molar-refractivity contribution in [2.45, 2.75) is 70.2 Å². The summed E-state index contributed by atoms with van der Waals surface area (Å²) in [5.74, 6) is -2.50. The van der Waals surface area contributed by atoms with Crippen LogP contribution in [0.25, 0.3) is 0 Å². The zero-order valence-electron chi connectivity index (χ0n) is 12.7. The van der Waals surface area contributed by atoms with Crippen LogP contribution in [0.15, 0.2) is 0 Å². The molecule has 0 aromatic heterocycles. The summed E-state index contributed by atoms with van der Waals surface area (Å²) in [6.07, 6.45) is -5.94. The van der Waals surface area contributed by atoms with Gasteiger partial charge in [0.05, 0.1) is 5.92 Å². The van der Waals surface area contributed by atoms with E-state index in [-0.39, 0.29) is 5.92 Å². The van der Waals surface area contributed by atoms with Crippen molar-refractivity contribution in [2.75, 3.05) is 0 Å². The van der Waals surface area contributed by atoms with Gasteiger partial charge in [0.2, 0.25) is 6.29 Å². The number of hydrogen-bond donors (Lipinski definition) is 4. The Morgan fingerprint density at radius 3 is 2.05 bits per heavy atom. The summed E-state index contributed by atoms with van der Waals surface area (Å²) >= 11 is 0. The number of carboxylic acid groups (broad SMARTS) is 1. The second-order valence-electron chi connectivity index (χ2n) is 5.45. The van der Waals surface area contributed by atoms with Gasteiger partial charge in [0.25, 0.3) is 0 Å². The summed E-state index contributed by atoms with van der Waals surface area (Å²) in [7, 11) is 0. The highest BCUT2D eigenvalue weighted by Gasteiger charge is 2.48. The number of carbonyl (C=O) groups is 2. The number of aliphatic carboxylic acids is 1. The van der Waals surface area contributed by atoms with Gasteiger partial charge in [-0.15, -0.1) is 0 Å². The molecule has 0 amide bonds. The summed E-state index contributed by atoms with van der Waals surface area (Å²) in [5, 5.41) is 37.9. The minimum atomic E-state index is -1.80. The van der Waals surface area contributed by atoms with Gasteiger partial charge < -0.3 is 29.9 Å². The first-order valence-corrected chi connectivity index (χ1v) is 7.46. The Hall–Kier alpha value is -1.22. The predicted molar refractivity (Wildman–Crippen MR) is 73.7 cm³/mol. The van der Waals surface area contributed by atoms with Gasteiger partial charge >= 0.3 is 11.9 Å². The third kappa shape index (κ3) is 4.39. The Balaban J connectivity index is 2.77. The molecule has 0 spiro atoms. The molecule has 1 aliphatic heterocycles. The molecule has 0 aliphatic carbocycles. The molecule has 1 heterocycles. The average molecular weight is 320 g/mol. The van der Waals surface area contributed by atoms with Crippen LogP contribution in [-0.2, 0) is 19.1 Å². The third-order valence-corrected chi connectivity index (χ3v) is 3.65. The Bertz CT molecular complexity index is 379. The molecule has 22 heavy (non-hydrogen) atoms. The lowest BCUT2D eigenvalue weighted by Gasteiger charge is -2.38. The molecule has 0 unspecified atom stereocenters. The molecular formula is C14H24O8. The lowest BCUT2D eigenvalue weighted by molar-refractivity contribution is -0.287. The van der Waals surface area contributed by atoms with E-state index in [1.54, 1.807) is 0 Å². The van der Waals surface area contributed by atoms with Crippen LogP contribution in [-0.4, -0.2) is 63.1 Å². The fourth-order valence-electron chi connectivity index (χ4n) is 2.44. The lowest BCUT2D eigenvalue weighted by Crippen LogP contribution is -2.60. The van der Waals surface area contributed by atoms with E-state index in [2.05, 4.69) is 0 Å². The zero-order valence-corrected chi connectivity index (χ0v) is 12.7. The molecule has 8 heteroatoms. The van der Waals surface area contributed by atoms with Crippen molar-refractivity contribution >= 4 is 11.9 Å². The fraction of sp³-hybridized carbons (Fsp3) is 0.857. The zero-order chi connectivity index (χ0) is 16.9. The van der Waals surface area contributed by atoms with Gasteiger partial charge in [-0.3, -0.25) is 4.79 Å². The Morgan fingerprint density at radius 1 is 1.05 bits per heavy atom. The second-order valence-corrected chi connectivity index (χ2v) is 5.45. The van der Waals surface area contributed by atoms with Crippen LogP contribution in [0.4, 0.5) is 0 Å². The van der Waals surface area contributed by atoms with Gasteiger partial charge in [-0.25, -0.2) is 4.79 Å². The maximum absolute atomic E-state index is 12.1. The summed E-state index contributed by atoms with van der Waals surface area (Å²) in [6.45, 7) is 3.84. The standard InChI is InChI=1S/C14H24O8/c1-3-5-7(6-4-2)13(20)22-14-10(17)8(15)9(16)11(21-14)12(18)19/h7-11,14-17H,3-6H2,1-2H3,(H,18,19)/t8-,9-,10+,11-,14-/m0/s1. The first-order valence-electron chi connectivity index (χ1n) is 7.46. The molecule has 0 aromatic rings. The number of hydrogen-bond acceptors (Lipinski definition) is 7. The molecule has 4 N–H and O–H groups in total. The number of aliphatic hydroxyl groups excluding tert-OH is 3. The van der Waals surface area contributed by atoms with E-state index < -0.39 is 42.6 Å². The van der Waals surface area contributed by atoms with Crippen molar-refractivity contribution < 1.29 is 39.5 Å². The van der Waals surface area contributed by atoms with Crippen LogP contribution < -0.4 is 0 Å². The van der Waals surface area contributed by atoms with Crippen molar-refractivity contribution in [3.63, 3.8) is 0 Å². The predicted octanol–water partition coefficient (Wildman–Crippen LogP) is -0.362. The SMILES string of the molecule is CCCC(CCC)C(=O)O[C@@H]1O[C@H](C(=O)O)[C@@H](O)[C@H](O)[C@H]1O. The van der Waals surface area contributed by atoms with E-state index in [1.165, 1.54) is 0 Å². The fourth-order valence-corrected chi connectivity index (χ4v) is 2.44. The van der Waals surface area contributed by atoms with Gasteiger partial charge in [0.15, 0.2) is 6.10 Å². The maximum atomic E-state index is 12.1. The van der Waals surface area contributed by atoms with Gasteiger partial charge in [0.1, 0.15) is 18.3 Å². The smallest absolute Gasteiger partial charge is 0.335 e. The summed E-state index contributed by atoms with van der Waals surface area (Å²) in [6, 6.07) is 0. The highest BCUT2D eigenvalue weighted by atomic mass is 16.7. The van der Waals surface area contributed by atoms with Gasteiger partial charge in [0, 0.05) is 0 Å². The molecule has 128 valence electrons. The van der Waals surface area contributed by atoms with Crippen molar-refractivity contribution in [1.29, 1.82) is 0 Å². The van der Waals surface area contributed by atoms with E-state index in [9.17, 15) is 24.9 Å². The number of rotatable bonds is 7. The van der Waals surface area contributed by atoms with E-state index in [1.807, 2.05) is 13.8 Å². The largest absolute Gasteiger partial charge is 0.479 e. The van der Waals surface area contributed by atoms with Crippen LogP contribution in [0.3, 0.4) is 0 Å². The molecule has 1 saturated heterocycles. The quantitative estimate of drug-likeness (QED) is 0.467. The normalized spacial score (nSPS) is 32.0. The maximum Gasteiger partial charge on any atom is 0.335 e. The Morgan fingerprint density at radius 2 is 1.59 bits per heavy atom. The van der Waals surface area contributed by atoms with Gasteiger partial charge in [-0.05, 0) is 12.8 Å². The number of carbonyl (C=O) groups excluding carboxylic acids is 1. The summed E-state index contributed by atoms with van der Waals surface area (Å²) in [5.41, 5.74) is 0. The molecular weight excluding hydrogens is 296 g/mol. The van der Waals surface area contributed by atoms with E-state index >= 15 is 0 Å². The second kappa shape index (κ2) is 8.42. The van der Waals surface area contributed by atoms with E-state index in [4.69, 9.17) is 14.6 Å². The lowest BCUT2D eigenvalue weighted by atomic mass is 9.97. The highest BCUT2D eigenvalue weighted by Crippen LogP contribution is 2.24. The van der Waals surface area contributed by atoms with Crippen molar-refractivity contribution in [3.8, 4) is 0 Å². The third-order valence-electron chi connectivity index (χ3n) is 3.65. The minimum Gasteiger partial charge on any atom is -0.479 e. The molecule has 1 rings (SSSR count). The molecule has 1 aliphatic rings. The van der Waals surface area contributed by atoms with E-state index in [0.717, 1.165) is 12.8 Å². The van der Waals surface area contributed by atoms with Crippen LogP contribution in [0.5, 0.6) is 0 Å². The number of ether oxygens (including phenoxy) is 2. The Labute approximate surface area is 128 Å². The monoisotopic (exact) mass is 320 g/mol. The number of aliphatic hydroxyl groups is 3. The summed E-state index contributed by atoms with van der Waals surface area (Å²) in [4.78, 5) is 23.1. The van der Waals surface area contributed by atoms with Crippen LogP contribution >= 0.6 is 0 Å². The van der Waals surface area contributed by atoms with E-state index in [0.29, 0.717) is 12.8 Å². The Kier molecular flexibility index (Phi) is 7.21. The van der Waals surface area contributed by atoms with Gasteiger partial charge in [-0.2, -0.15) is 0 Å². The molecule has 8 nitrogen and oxygen atoms in total. The highest BCUT2D eigenvalue weighted by molar-refractivity contribution is 5.74. The number of carboxylic acids is 1. The van der Waals surface area contributed by atoms with Crippen LogP contribution in [0.2, 0.25) is 0 Å². The van der Waals surface area contributed by atoms with Crippen molar-refractivity contribution in [1.82, 2.24) is 0 Å². The molecule has 1 fully saturated rings. The van der Waals surface area contributed by atoms with Crippen LogP contribution in [0, 0.1) is 5.92 Å². The summed E-state index contributed by atoms with van der Waals surface area (Å²) < 4.78 is 9.94. The minimum absolute atomic E-state index is 0.377. The van der Waals surface area contributed by atoms with Crippen molar-refractivity contribution in [3.05, 3.63) is 0 Å². The van der Waals surface area contributed by atoms with Gasteiger partial charge in [-0.1, -0.05) is 26.7 Å². The molecule has 5 atom stereocenters. The first kappa shape index (κ1) is 18.8. The van der Waals surface area contributed by atoms with Crippen LogP contribution in [0.1, 0.15) is 39.5 Å². The molecule has 0 aromatic carbocycles. The first-order chi connectivity index (χ1) is 10.3. The van der Waals surface area contributed by atoms with Crippen molar-refractivity contribution in [2.24, 2.45) is 5.92 Å².